The van der Waals surface area contributed by atoms with Crippen LogP contribution < -0.4 is 10.9 Å². The maximum absolute atomic E-state index is 12.2. The zero-order valence-corrected chi connectivity index (χ0v) is 12.9. The summed E-state index contributed by atoms with van der Waals surface area (Å²) in [6.07, 6.45) is 1.77. The molecule has 2 aromatic rings. The van der Waals surface area contributed by atoms with Gasteiger partial charge in [0, 0.05) is 17.7 Å². The lowest BCUT2D eigenvalue weighted by Crippen LogP contribution is -2.38. The smallest absolute Gasteiger partial charge is 0.238 e. The van der Waals surface area contributed by atoms with Gasteiger partial charge in [0.2, 0.25) is 5.91 Å². The second kappa shape index (κ2) is 7.02. The lowest BCUT2D eigenvalue weighted by Gasteiger charge is -2.05. The normalized spacial score (nSPS) is 12.9. The molecule has 5 heteroatoms. The van der Waals surface area contributed by atoms with Crippen LogP contribution in [0, 0.1) is 0 Å². The number of hydrogen-bond donors (Lipinski definition) is 2. The number of amides is 1. The third kappa shape index (κ3) is 3.31. The molecule has 1 aliphatic carbocycles. The second-order valence-electron chi connectivity index (χ2n) is 5.41. The fourth-order valence-corrected chi connectivity index (χ4v) is 2.59. The molecule has 0 heterocycles. The maximum Gasteiger partial charge on any atom is 0.238 e. The van der Waals surface area contributed by atoms with Crippen molar-refractivity contribution in [2.45, 2.75) is 6.42 Å². The molecule has 0 saturated heterocycles. The van der Waals surface area contributed by atoms with E-state index in [-0.39, 0.29) is 36.0 Å². The molecule has 3 rings (SSSR count). The first-order valence-corrected chi connectivity index (χ1v) is 7.61. The molecule has 0 bridgehead atoms. The van der Waals surface area contributed by atoms with Crippen molar-refractivity contribution < 1.29 is 14.4 Å². The zero-order valence-electron chi connectivity index (χ0n) is 12.9. The molecular weight excluding hydrogens is 304 g/mol. The van der Waals surface area contributed by atoms with Gasteiger partial charge in [0.1, 0.15) is 0 Å². The number of nitrogens with one attached hydrogen (secondary N) is 2. The fraction of sp³-hybridized carbons (Fsp3) is 0.105. The predicted octanol–water partition coefficient (Wildman–Crippen LogP) is 1.86. The predicted molar refractivity (Wildman–Crippen MR) is 89.5 cm³/mol. The molecule has 24 heavy (non-hydrogen) atoms. The van der Waals surface area contributed by atoms with Crippen LogP contribution in [0.5, 0.6) is 0 Å². The highest BCUT2D eigenvalue weighted by atomic mass is 16.2. The maximum atomic E-state index is 12.2. The molecule has 5 nitrogen and oxygen atoms in total. The number of fused-ring (bicyclic) bond motifs is 1. The van der Waals surface area contributed by atoms with Gasteiger partial charge in [-0.05, 0) is 5.56 Å². The minimum atomic E-state index is -0.270. The zero-order chi connectivity index (χ0) is 16.9. The molecule has 2 aromatic carbocycles. The average Bonchev–Trinajstić information content (AvgIpc) is 2.84. The third-order valence-corrected chi connectivity index (χ3v) is 3.75. The number of carbonyl (C=O) groups is 3. The van der Waals surface area contributed by atoms with Crippen molar-refractivity contribution in [2.75, 3.05) is 6.54 Å². The first-order chi connectivity index (χ1) is 11.7. The van der Waals surface area contributed by atoms with Crippen LogP contribution >= 0.6 is 0 Å². The molecule has 1 aliphatic rings. The summed E-state index contributed by atoms with van der Waals surface area (Å²) < 4.78 is 0. The van der Waals surface area contributed by atoms with Crippen molar-refractivity contribution in [1.82, 2.24) is 10.9 Å². The van der Waals surface area contributed by atoms with Crippen molar-refractivity contribution >= 4 is 17.5 Å². The quantitative estimate of drug-likeness (QED) is 0.382. The van der Waals surface area contributed by atoms with E-state index >= 15 is 0 Å². The highest BCUT2D eigenvalue weighted by Crippen LogP contribution is 2.25. The van der Waals surface area contributed by atoms with Crippen molar-refractivity contribution in [3.05, 3.63) is 82.9 Å². The van der Waals surface area contributed by atoms with Gasteiger partial charge >= 0.3 is 0 Å². The number of Topliss-reactive ketones (excluding diaryl/α,β-unsaturated/α-hetero) is 2. The summed E-state index contributed by atoms with van der Waals surface area (Å²) in [6.45, 7) is 0.196. The van der Waals surface area contributed by atoms with E-state index in [0.717, 1.165) is 5.56 Å². The van der Waals surface area contributed by atoms with E-state index in [0.29, 0.717) is 11.1 Å². The second-order valence-corrected chi connectivity index (χ2v) is 5.41. The summed E-state index contributed by atoms with van der Waals surface area (Å²) >= 11 is 0. The number of carbonyl (C=O) groups excluding carboxylic acids is 3. The summed E-state index contributed by atoms with van der Waals surface area (Å²) in [5, 5.41) is 0. The Bertz CT molecular complexity index is 789. The Kier molecular flexibility index (Phi) is 4.63. The summed E-state index contributed by atoms with van der Waals surface area (Å²) in [6, 6.07) is 16.1. The number of rotatable bonds is 5. The van der Waals surface area contributed by atoms with Crippen molar-refractivity contribution in [2.24, 2.45) is 0 Å². The molecule has 0 radical (unpaired) electrons. The van der Waals surface area contributed by atoms with Crippen LogP contribution in [0.2, 0.25) is 0 Å². The Labute approximate surface area is 139 Å². The van der Waals surface area contributed by atoms with Crippen molar-refractivity contribution in [3.8, 4) is 0 Å². The molecule has 0 atom stereocenters. The average molecular weight is 320 g/mol. The van der Waals surface area contributed by atoms with Crippen LogP contribution in [0.3, 0.4) is 0 Å². The SMILES string of the molecule is O=C(Cc1ccccc1)NNCC=C1C(=O)c2ccccc2C1=O. The number of ketones is 2. The van der Waals surface area contributed by atoms with Gasteiger partial charge in [-0.25, -0.2) is 5.43 Å². The minimum Gasteiger partial charge on any atom is -0.291 e. The van der Waals surface area contributed by atoms with Gasteiger partial charge < -0.3 is 0 Å². The summed E-state index contributed by atoms with van der Waals surface area (Å²) in [5.74, 6) is -0.729. The highest BCUT2D eigenvalue weighted by molar-refractivity contribution is 6.39. The number of benzene rings is 2. The van der Waals surface area contributed by atoms with Crippen molar-refractivity contribution in [1.29, 1.82) is 0 Å². The van der Waals surface area contributed by atoms with E-state index in [2.05, 4.69) is 10.9 Å². The molecule has 1 amide bonds. The van der Waals surface area contributed by atoms with E-state index in [4.69, 9.17) is 0 Å². The van der Waals surface area contributed by atoms with Gasteiger partial charge in [0.25, 0.3) is 0 Å². The molecule has 0 aliphatic heterocycles. The van der Waals surface area contributed by atoms with Crippen LogP contribution in [-0.4, -0.2) is 24.0 Å². The lowest BCUT2D eigenvalue weighted by molar-refractivity contribution is -0.121. The van der Waals surface area contributed by atoms with Gasteiger partial charge in [-0.1, -0.05) is 60.7 Å². The standard InChI is InChI=1S/C19H16N2O3/c22-17(12-13-6-2-1-3-7-13)21-20-11-10-16-18(23)14-8-4-5-9-15(14)19(16)24/h1-10,20H,11-12H2,(H,21,22). The number of hydrogen-bond acceptors (Lipinski definition) is 4. The van der Waals surface area contributed by atoms with E-state index in [1.54, 1.807) is 24.3 Å². The Morgan fingerprint density at radius 1 is 0.875 bits per heavy atom. The monoisotopic (exact) mass is 320 g/mol. The molecule has 120 valence electrons. The van der Waals surface area contributed by atoms with Crippen LogP contribution in [0.4, 0.5) is 0 Å². The molecule has 0 spiro atoms. The van der Waals surface area contributed by atoms with Crippen LogP contribution in [-0.2, 0) is 11.2 Å². The first-order valence-electron chi connectivity index (χ1n) is 7.61. The third-order valence-electron chi connectivity index (χ3n) is 3.75. The highest BCUT2D eigenvalue weighted by Gasteiger charge is 2.32. The molecule has 0 aromatic heterocycles. The largest absolute Gasteiger partial charge is 0.291 e. The van der Waals surface area contributed by atoms with E-state index in [1.165, 1.54) is 6.08 Å². The molecule has 2 N–H and O–H groups in total. The van der Waals surface area contributed by atoms with Gasteiger partial charge in [-0.3, -0.25) is 19.8 Å². The summed E-state index contributed by atoms with van der Waals surface area (Å²) in [7, 11) is 0. The molecule has 0 saturated carbocycles. The number of hydrazine groups is 1. The minimum absolute atomic E-state index is 0.140. The van der Waals surface area contributed by atoms with Crippen molar-refractivity contribution in [3.63, 3.8) is 0 Å². The first kappa shape index (κ1) is 15.8. The topological polar surface area (TPSA) is 75.3 Å². The Morgan fingerprint density at radius 3 is 2.08 bits per heavy atom. The van der Waals surface area contributed by atoms with Gasteiger partial charge in [0.15, 0.2) is 11.6 Å². The van der Waals surface area contributed by atoms with Crippen LogP contribution in [0.25, 0.3) is 0 Å². The van der Waals surface area contributed by atoms with E-state index < -0.39 is 0 Å². The van der Waals surface area contributed by atoms with Gasteiger partial charge in [-0.15, -0.1) is 0 Å². The number of allylic oxidation sites excluding steroid dienone is 1. The Hall–Kier alpha value is -3.05. The van der Waals surface area contributed by atoms with E-state index in [1.807, 2.05) is 30.3 Å². The van der Waals surface area contributed by atoms with Crippen LogP contribution in [0.1, 0.15) is 26.3 Å². The Balaban J connectivity index is 1.53. The lowest BCUT2D eigenvalue weighted by atomic mass is 10.1. The Morgan fingerprint density at radius 2 is 1.46 bits per heavy atom. The van der Waals surface area contributed by atoms with Crippen LogP contribution in [0.15, 0.2) is 66.2 Å². The molecular formula is C19H16N2O3. The summed E-state index contributed by atoms with van der Waals surface area (Å²) in [5.41, 5.74) is 7.18. The van der Waals surface area contributed by atoms with Gasteiger partial charge in [-0.2, -0.15) is 0 Å². The van der Waals surface area contributed by atoms with Gasteiger partial charge in [0.05, 0.1) is 12.0 Å². The fourth-order valence-electron chi connectivity index (χ4n) is 2.59. The molecule has 0 fully saturated rings. The van der Waals surface area contributed by atoms with E-state index in [9.17, 15) is 14.4 Å². The summed E-state index contributed by atoms with van der Waals surface area (Å²) in [4.78, 5) is 36.1. The molecule has 0 unspecified atom stereocenters.